The van der Waals surface area contributed by atoms with Crippen LogP contribution in [0, 0.1) is 10.1 Å². The minimum absolute atomic E-state index is 0.406. The van der Waals surface area contributed by atoms with Crippen LogP contribution in [0.15, 0.2) is 30.2 Å². The highest BCUT2D eigenvalue weighted by molar-refractivity contribution is 6.29. The van der Waals surface area contributed by atoms with Crippen LogP contribution in [0.3, 0.4) is 0 Å². The molecule has 1 heterocycles. The Balaban J connectivity index is 2.75. The Morgan fingerprint density at radius 3 is 2.93 bits per heavy atom. The van der Waals surface area contributed by atoms with Gasteiger partial charge in [-0.05, 0) is 11.6 Å². The van der Waals surface area contributed by atoms with Crippen LogP contribution in [0.25, 0.3) is 0 Å². The van der Waals surface area contributed by atoms with Crippen LogP contribution >= 0.6 is 11.6 Å². The molecule has 0 aliphatic rings. The van der Waals surface area contributed by atoms with Crippen LogP contribution in [0.5, 0.6) is 0 Å². The fourth-order valence-electron chi connectivity index (χ4n) is 1.06. The first-order chi connectivity index (χ1) is 7.11. The monoisotopic (exact) mass is 227 g/mol. The minimum Gasteiger partial charge on any atom is -0.386 e. The van der Waals surface area contributed by atoms with E-state index in [1.807, 2.05) is 0 Å². The largest absolute Gasteiger partial charge is 0.386 e. The van der Waals surface area contributed by atoms with Gasteiger partial charge < -0.3 is 5.32 Å². The number of nitro groups is 1. The summed E-state index contributed by atoms with van der Waals surface area (Å²) in [5.41, 5.74) is 1.38. The van der Waals surface area contributed by atoms with E-state index in [1.54, 1.807) is 25.4 Å². The standard InChI is InChI=1S/C9H10ClN3O2/c1-11-8(6-13(14)15)4-7-2-3-9(10)12-5-7/h2-3,5-6,11H,4H2,1H3. The van der Waals surface area contributed by atoms with Gasteiger partial charge in [-0.25, -0.2) is 4.98 Å². The van der Waals surface area contributed by atoms with Gasteiger partial charge in [-0.3, -0.25) is 10.1 Å². The van der Waals surface area contributed by atoms with Crippen molar-refractivity contribution in [2.45, 2.75) is 6.42 Å². The molecule has 0 aliphatic carbocycles. The number of allylic oxidation sites excluding steroid dienone is 1. The molecule has 1 aromatic rings. The summed E-state index contributed by atoms with van der Waals surface area (Å²) in [6.07, 6.45) is 2.96. The molecule has 0 aliphatic heterocycles. The van der Waals surface area contributed by atoms with E-state index < -0.39 is 4.92 Å². The van der Waals surface area contributed by atoms with Crippen LogP contribution in [-0.4, -0.2) is 17.0 Å². The number of pyridine rings is 1. The second kappa shape index (κ2) is 5.31. The normalized spacial score (nSPS) is 11.2. The maximum atomic E-state index is 10.3. The van der Waals surface area contributed by atoms with Crippen LogP contribution in [-0.2, 0) is 6.42 Å². The lowest BCUT2D eigenvalue weighted by molar-refractivity contribution is -0.403. The number of nitrogens with one attached hydrogen (secondary N) is 1. The Morgan fingerprint density at radius 2 is 2.47 bits per heavy atom. The summed E-state index contributed by atoms with van der Waals surface area (Å²) in [6.45, 7) is 0. The number of nitrogens with zero attached hydrogens (tertiary/aromatic N) is 2. The lowest BCUT2D eigenvalue weighted by atomic mass is 10.2. The van der Waals surface area contributed by atoms with Crippen molar-refractivity contribution >= 4 is 11.6 Å². The number of hydrogen-bond acceptors (Lipinski definition) is 4. The molecular weight excluding hydrogens is 218 g/mol. The zero-order valence-electron chi connectivity index (χ0n) is 8.11. The molecule has 0 aromatic carbocycles. The topological polar surface area (TPSA) is 68.1 Å². The highest BCUT2D eigenvalue weighted by atomic mass is 35.5. The Labute approximate surface area is 91.9 Å². The van der Waals surface area contributed by atoms with Crippen molar-refractivity contribution in [3.8, 4) is 0 Å². The number of halogens is 1. The molecule has 0 unspecified atom stereocenters. The van der Waals surface area contributed by atoms with Gasteiger partial charge >= 0.3 is 0 Å². The van der Waals surface area contributed by atoms with E-state index in [9.17, 15) is 10.1 Å². The van der Waals surface area contributed by atoms with Crippen molar-refractivity contribution < 1.29 is 4.92 Å². The first kappa shape index (κ1) is 11.5. The van der Waals surface area contributed by atoms with Gasteiger partial charge in [-0.15, -0.1) is 0 Å². The van der Waals surface area contributed by atoms with Crippen LogP contribution in [0.4, 0.5) is 0 Å². The fraction of sp³-hybridized carbons (Fsp3) is 0.222. The zero-order chi connectivity index (χ0) is 11.3. The first-order valence-corrected chi connectivity index (χ1v) is 4.62. The van der Waals surface area contributed by atoms with E-state index in [1.165, 1.54) is 0 Å². The van der Waals surface area contributed by atoms with Gasteiger partial charge in [0.15, 0.2) is 0 Å². The summed E-state index contributed by atoms with van der Waals surface area (Å²) in [5, 5.41) is 13.4. The number of likely N-dealkylation sites (N-methyl/N-ethyl adjacent to an activating group) is 1. The predicted octanol–water partition coefficient (Wildman–Crippen LogP) is 1.61. The average molecular weight is 228 g/mol. The maximum absolute atomic E-state index is 10.3. The number of rotatable bonds is 4. The van der Waals surface area contributed by atoms with Crippen molar-refractivity contribution in [3.05, 3.63) is 51.1 Å². The molecule has 1 aromatic heterocycles. The molecule has 0 bridgehead atoms. The second-order valence-electron chi connectivity index (χ2n) is 2.86. The first-order valence-electron chi connectivity index (χ1n) is 4.24. The molecule has 0 radical (unpaired) electrons. The van der Waals surface area contributed by atoms with Gasteiger partial charge in [0, 0.05) is 19.7 Å². The summed E-state index contributed by atoms with van der Waals surface area (Å²) < 4.78 is 0. The third kappa shape index (κ3) is 3.95. The Morgan fingerprint density at radius 1 is 1.73 bits per heavy atom. The Bertz CT molecular complexity index is 375. The van der Waals surface area contributed by atoms with Crippen molar-refractivity contribution in [3.63, 3.8) is 0 Å². The third-order valence-electron chi connectivity index (χ3n) is 1.77. The average Bonchev–Trinajstić information content (AvgIpc) is 2.19. The molecule has 6 heteroatoms. The quantitative estimate of drug-likeness (QED) is 0.482. The van der Waals surface area contributed by atoms with Gasteiger partial charge in [0.25, 0.3) is 6.20 Å². The van der Waals surface area contributed by atoms with Crippen LogP contribution in [0.1, 0.15) is 5.56 Å². The SMILES string of the molecule is CNC(=C[N+](=O)[O-])Cc1ccc(Cl)nc1. The van der Waals surface area contributed by atoms with Gasteiger partial charge in [-0.2, -0.15) is 0 Å². The highest BCUT2D eigenvalue weighted by Crippen LogP contribution is 2.08. The summed E-state index contributed by atoms with van der Waals surface area (Å²) in [5.74, 6) is 0. The van der Waals surface area contributed by atoms with Crippen molar-refractivity contribution in [1.82, 2.24) is 10.3 Å². The minimum atomic E-state index is -0.491. The second-order valence-corrected chi connectivity index (χ2v) is 3.24. The molecular formula is C9H10ClN3O2. The highest BCUT2D eigenvalue weighted by Gasteiger charge is 2.02. The van der Waals surface area contributed by atoms with E-state index in [4.69, 9.17) is 11.6 Å². The molecule has 1 rings (SSSR count). The van der Waals surface area contributed by atoms with Crippen LogP contribution in [0.2, 0.25) is 5.15 Å². The molecule has 1 N–H and O–H groups in total. The van der Waals surface area contributed by atoms with Crippen molar-refractivity contribution in [1.29, 1.82) is 0 Å². The molecule has 5 nitrogen and oxygen atoms in total. The summed E-state index contributed by atoms with van der Waals surface area (Å²) in [4.78, 5) is 13.7. The summed E-state index contributed by atoms with van der Waals surface area (Å²) in [6, 6.07) is 3.43. The lowest BCUT2D eigenvalue weighted by Crippen LogP contribution is -2.10. The van der Waals surface area contributed by atoms with Gasteiger partial charge in [-0.1, -0.05) is 17.7 Å². The zero-order valence-corrected chi connectivity index (χ0v) is 8.86. The molecule has 0 atom stereocenters. The molecule has 0 saturated carbocycles. The van der Waals surface area contributed by atoms with E-state index in [0.29, 0.717) is 17.3 Å². The Kier molecular flexibility index (Phi) is 4.05. The van der Waals surface area contributed by atoms with Crippen molar-refractivity contribution in [2.24, 2.45) is 0 Å². The van der Waals surface area contributed by atoms with E-state index in [2.05, 4.69) is 10.3 Å². The molecule has 0 saturated heterocycles. The Hall–Kier alpha value is -1.62. The third-order valence-corrected chi connectivity index (χ3v) is 1.99. The molecule has 15 heavy (non-hydrogen) atoms. The van der Waals surface area contributed by atoms with E-state index in [0.717, 1.165) is 11.8 Å². The number of hydrogen-bond donors (Lipinski definition) is 1. The van der Waals surface area contributed by atoms with Crippen LogP contribution < -0.4 is 5.32 Å². The fourth-order valence-corrected chi connectivity index (χ4v) is 1.17. The van der Waals surface area contributed by atoms with E-state index >= 15 is 0 Å². The molecule has 0 spiro atoms. The van der Waals surface area contributed by atoms with Gasteiger partial charge in [0.05, 0.1) is 10.6 Å². The smallest absolute Gasteiger partial charge is 0.253 e. The number of aromatic nitrogens is 1. The van der Waals surface area contributed by atoms with Crippen molar-refractivity contribution in [2.75, 3.05) is 7.05 Å². The predicted molar refractivity (Wildman–Crippen MR) is 57.1 cm³/mol. The van der Waals surface area contributed by atoms with E-state index in [-0.39, 0.29) is 0 Å². The molecule has 80 valence electrons. The summed E-state index contributed by atoms with van der Waals surface area (Å²) >= 11 is 5.62. The summed E-state index contributed by atoms with van der Waals surface area (Å²) in [7, 11) is 1.64. The van der Waals surface area contributed by atoms with Gasteiger partial charge in [0.2, 0.25) is 0 Å². The molecule has 0 fully saturated rings. The maximum Gasteiger partial charge on any atom is 0.253 e. The lowest BCUT2D eigenvalue weighted by Gasteiger charge is -2.03. The molecule has 0 amide bonds. The van der Waals surface area contributed by atoms with Gasteiger partial charge in [0.1, 0.15) is 5.15 Å².